The predicted octanol–water partition coefficient (Wildman–Crippen LogP) is 2.95. The second-order valence-electron chi connectivity index (χ2n) is 5.16. The van der Waals surface area contributed by atoms with E-state index in [1.807, 2.05) is 0 Å². The van der Waals surface area contributed by atoms with Crippen LogP contribution >= 0.6 is 0 Å². The van der Waals surface area contributed by atoms with Gasteiger partial charge in [0.2, 0.25) is 0 Å². The van der Waals surface area contributed by atoms with Gasteiger partial charge in [-0.2, -0.15) is 0 Å². The Bertz CT molecular complexity index is 127. The second-order valence-corrected chi connectivity index (χ2v) is 5.16. The SMILES string of the molecule is CCCNNC[C@@H](CCC)C(C)(C)C. The minimum atomic E-state index is 0.414. The zero-order valence-electron chi connectivity index (χ0n) is 10.6. The Kier molecular flexibility index (Phi) is 7.20. The van der Waals surface area contributed by atoms with Crippen LogP contribution in [0.1, 0.15) is 53.9 Å². The Balaban J connectivity index is 3.74. The molecule has 0 saturated carbocycles. The number of hydrazine groups is 1. The minimum Gasteiger partial charge on any atom is -0.258 e. The molecule has 2 nitrogen and oxygen atoms in total. The van der Waals surface area contributed by atoms with Gasteiger partial charge in [-0.25, -0.2) is 0 Å². The van der Waals surface area contributed by atoms with E-state index in [2.05, 4.69) is 45.5 Å². The highest BCUT2D eigenvalue weighted by atomic mass is 15.3. The molecule has 0 aliphatic carbocycles. The highest BCUT2D eigenvalue weighted by Gasteiger charge is 2.22. The lowest BCUT2D eigenvalue weighted by molar-refractivity contribution is 0.209. The first-order valence-electron chi connectivity index (χ1n) is 5.98. The molecule has 0 bridgehead atoms. The number of hydrogen-bond donors (Lipinski definition) is 2. The topological polar surface area (TPSA) is 24.1 Å². The van der Waals surface area contributed by atoms with Crippen LogP contribution in [0.5, 0.6) is 0 Å². The molecule has 1 atom stereocenters. The first-order chi connectivity index (χ1) is 6.52. The molecular formula is C12H28N2. The fraction of sp³-hybridized carbons (Fsp3) is 1.00. The molecule has 0 unspecified atom stereocenters. The van der Waals surface area contributed by atoms with E-state index in [1.165, 1.54) is 19.3 Å². The summed E-state index contributed by atoms with van der Waals surface area (Å²) in [6.45, 7) is 13.6. The molecule has 0 fully saturated rings. The van der Waals surface area contributed by atoms with E-state index in [4.69, 9.17) is 0 Å². The van der Waals surface area contributed by atoms with Gasteiger partial charge in [0.25, 0.3) is 0 Å². The standard InChI is InChI=1S/C12H28N2/c1-6-8-11(12(3,4)5)10-14-13-9-7-2/h11,13-14H,6-10H2,1-5H3/t11-/m1/s1. The summed E-state index contributed by atoms with van der Waals surface area (Å²) in [7, 11) is 0. The van der Waals surface area contributed by atoms with Crippen molar-refractivity contribution < 1.29 is 0 Å². The number of rotatable bonds is 7. The average Bonchev–Trinajstić information content (AvgIpc) is 2.08. The molecule has 0 radical (unpaired) electrons. The third-order valence-electron chi connectivity index (χ3n) is 2.71. The van der Waals surface area contributed by atoms with Gasteiger partial charge in [-0.3, -0.25) is 10.9 Å². The van der Waals surface area contributed by atoms with Crippen molar-refractivity contribution in [2.75, 3.05) is 13.1 Å². The molecule has 0 aliphatic rings. The third kappa shape index (κ3) is 6.39. The van der Waals surface area contributed by atoms with E-state index in [9.17, 15) is 0 Å². The summed E-state index contributed by atoms with van der Waals surface area (Å²) >= 11 is 0. The maximum Gasteiger partial charge on any atom is 0.0133 e. The Labute approximate surface area is 89.8 Å². The van der Waals surface area contributed by atoms with Crippen LogP contribution in [-0.4, -0.2) is 13.1 Å². The molecule has 0 saturated heterocycles. The molecule has 0 amide bonds. The maximum atomic E-state index is 3.33. The molecular weight excluding hydrogens is 172 g/mol. The van der Waals surface area contributed by atoms with E-state index in [1.54, 1.807) is 0 Å². The Morgan fingerprint density at radius 2 is 1.64 bits per heavy atom. The minimum absolute atomic E-state index is 0.414. The van der Waals surface area contributed by atoms with Gasteiger partial charge in [0.05, 0.1) is 0 Å². The Morgan fingerprint density at radius 1 is 1.00 bits per heavy atom. The molecule has 2 N–H and O–H groups in total. The normalized spacial score (nSPS) is 14.4. The first-order valence-corrected chi connectivity index (χ1v) is 5.98. The summed E-state index contributed by atoms with van der Waals surface area (Å²) in [4.78, 5) is 0. The van der Waals surface area contributed by atoms with Gasteiger partial charge in [0, 0.05) is 13.1 Å². The second kappa shape index (κ2) is 7.24. The van der Waals surface area contributed by atoms with Gasteiger partial charge >= 0.3 is 0 Å². The van der Waals surface area contributed by atoms with Crippen LogP contribution in [0.4, 0.5) is 0 Å². The summed E-state index contributed by atoms with van der Waals surface area (Å²) in [5.41, 5.74) is 6.99. The molecule has 0 aromatic heterocycles. The molecule has 86 valence electrons. The molecule has 0 heterocycles. The molecule has 14 heavy (non-hydrogen) atoms. The van der Waals surface area contributed by atoms with Gasteiger partial charge in [0.15, 0.2) is 0 Å². The Morgan fingerprint density at radius 3 is 2.07 bits per heavy atom. The third-order valence-corrected chi connectivity index (χ3v) is 2.71. The molecule has 0 spiro atoms. The zero-order valence-corrected chi connectivity index (χ0v) is 10.6. The highest BCUT2D eigenvalue weighted by molar-refractivity contribution is 4.74. The molecule has 0 aromatic carbocycles. The van der Waals surface area contributed by atoms with Gasteiger partial charge in [-0.15, -0.1) is 0 Å². The van der Waals surface area contributed by atoms with Crippen molar-refractivity contribution in [2.24, 2.45) is 11.3 Å². The number of nitrogens with one attached hydrogen (secondary N) is 2. The summed E-state index contributed by atoms with van der Waals surface area (Å²) in [6.07, 6.45) is 3.77. The van der Waals surface area contributed by atoms with Crippen molar-refractivity contribution in [1.29, 1.82) is 0 Å². The van der Waals surface area contributed by atoms with Crippen molar-refractivity contribution >= 4 is 0 Å². The van der Waals surface area contributed by atoms with Crippen LogP contribution < -0.4 is 10.9 Å². The van der Waals surface area contributed by atoms with E-state index < -0.39 is 0 Å². The van der Waals surface area contributed by atoms with Crippen molar-refractivity contribution in [2.45, 2.75) is 53.9 Å². The van der Waals surface area contributed by atoms with Crippen LogP contribution in [0.2, 0.25) is 0 Å². The van der Waals surface area contributed by atoms with E-state index in [0.717, 1.165) is 19.0 Å². The maximum absolute atomic E-state index is 3.33. The quantitative estimate of drug-likeness (QED) is 0.488. The highest BCUT2D eigenvalue weighted by Crippen LogP contribution is 2.28. The lowest BCUT2D eigenvalue weighted by Gasteiger charge is -2.30. The molecule has 2 heteroatoms. The van der Waals surface area contributed by atoms with Crippen molar-refractivity contribution in [1.82, 2.24) is 10.9 Å². The largest absolute Gasteiger partial charge is 0.258 e. The fourth-order valence-corrected chi connectivity index (χ4v) is 1.60. The summed E-state index contributed by atoms with van der Waals surface area (Å²) in [5, 5.41) is 0. The predicted molar refractivity (Wildman–Crippen MR) is 64.1 cm³/mol. The smallest absolute Gasteiger partial charge is 0.0133 e. The number of hydrogen-bond acceptors (Lipinski definition) is 2. The lowest BCUT2D eigenvalue weighted by atomic mass is 9.78. The van der Waals surface area contributed by atoms with Gasteiger partial charge in [0.1, 0.15) is 0 Å². The summed E-state index contributed by atoms with van der Waals surface area (Å²) < 4.78 is 0. The van der Waals surface area contributed by atoms with Crippen molar-refractivity contribution in [3.63, 3.8) is 0 Å². The first kappa shape index (κ1) is 13.9. The van der Waals surface area contributed by atoms with Crippen LogP contribution in [0.3, 0.4) is 0 Å². The van der Waals surface area contributed by atoms with Crippen LogP contribution in [0.15, 0.2) is 0 Å². The summed E-state index contributed by atoms with van der Waals surface area (Å²) in [5.74, 6) is 0.761. The molecule has 0 rings (SSSR count). The van der Waals surface area contributed by atoms with E-state index >= 15 is 0 Å². The van der Waals surface area contributed by atoms with E-state index in [-0.39, 0.29) is 0 Å². The van der Waals surface area contributed by atoms with Gasteiger partial charge in [-0.05, 0) is 24.2 Å². The average molecular weight is 200 g/mol. The summed E-state index contributed by atoms with van der Waals surface area (Å²) in [6, 6.07) is 0. The lowest BCUT2D eigenvalue weighted by Crippen LogP contribution is -2.40. The van der Waals surface area contributed by atoms with Gasteiger partial charge in [-0.1, -0.05) is 41.0 Å². The monoisotopic (exact) mass is 200 g/mol. The van der Waals surface area contributed by atoms with Crippen LogP contribution in [0, 0.1) is 11.3 Å². The van der Waals surface area contributed by atoms with Crippen LogP contribution in [-0.2, 0) is 0 Å². The Hall–Kier alpha value is -0.0800. The van der Waals surface area contributed by atoms with Gasteiger partial charge < -0.3 is 0 Å². The van der Waals surface area contributed by atoms with Crippen LogP contribution in [0.25, 0.3) is 0 Å². The fourth-order valence-electron chi connectivity index (χ4n) is 1.60. The molecule has 0 aromatic rings. The van der Waals surface area contributed by atoms with Crippen molar-refractivity contribution in [3.8, 4) is 0 Å². The van der Waals surface area contributed by atoms with Crippen molar-refractivity contribution in [3.05, 3.63) is 0 Å². The zero-order chi connectivity index (χ0) is 11.0. The molecule has 0 aliphatic heterocycles. The van der Waals surface area contributed by atoms with E-state index in [0.29, 0.717) is 5.41 Å².